The van der Waals surface area contributed by atoms with E-state index >= 15 is 0 Å². The summed E-state index contributed by atoms with van der Waals surface area (Å²) < 4.78 is 0. The molecule has 0 spiro atoms. The number of hydrogen-bond acceptors (Lipinski definition) is 4. The van der Waals surface area contributed by atoms with E-state index in [1.807, 2.05) is 0 Å². The van der Waals surface area contributed by atoms with Crippen LogP contribution in [0.4, 0.5) is 0 Å². The summed E-state index contributed by atoms with van der Waals surface area (Å²) >= 11 is 0. The predicted octanol–water partition coefficient (Wildman–Crippen LogP) is -0.849. The molecule has 1 amide bonds. The molecule has 0 atom stereocenters. The second kappa shape index (κ2) is 4.15. The molecule has 1 aromatic heterocycles. The molecule has 0 radical (unpaired) electrons. The lowest BCUT2D eigenvalue weighted by Gasteiger charge is -1.96. The highest BCUT2D eigenvalue weighted by molar-refractivity contribution is 5.99. The monoisotopic (exact) mass is 181 g/mol. The van der Waals surface area contributed by atoms with Crippen molar-refractivity contribution >= 4 is 18.5 Å². The Hall–Kier alpha value is -1.98. The molecular formula is C7H7N3O3. The first-order chi connectivity index (χ1) is 6.29. The van der Waals surface area contributed by atoms with Gasteiger partial charge in [-0.25, -0.2) is 4.98 Å². The summed E-state index contributed by atoms with van der Waals surface area (Å²) in [6.07, 6.45) is 2.27. The molecule has 0 fully saturated rings. The van der Waals surface area contributed by atoms with E-state index in [4.69, 9.17) is 0 Å². The average Bonchev–Trinajstić information content (AvgIpc) is 2.61. The van der Waals surface area contributed by atoms with Crippen molar-refractivity contribution in [3.05, 3.63) is 17.7 Å². The van der Waals surface area contributed by atoms with Gasteiger partial charge in [-0.3, -0.25) is 9.59 Å². The summed E-state index contributed by atoms with van der Waals surface area (Å²) in [7, 11) is 0. The maximum Gasteiger partial charge on any atom is 0.272 e. The van der Waals surface area contributed by atoms with Crippen molar-refractivity contribution in [2.75, 3.05) is 6.54 Å². The quantitative estimate of drug-likeness (QED) is 0.592. The number of nitrogens with one attached hydrogen (secondary N) is 2. The first-order valence-corrected chi connectivity index (χ1v) is 3.50. The van der Waals surface area contributed by atoms with Crippen molar-refractivity contribution in [1.82, 2.24) is 15.3 Å². The molecule has 2 N–H and O–H groups in total. The van der Waals surface area contributed by atoms with E-state index in [2.05, 4.69) is 15.3 Å². The zero-order valence-corrected chi connectivity index (χ0v) is 6.61. The van der Waals surface area contributed by atoms with E-state index in [0.717, 1.165) is 0 Å². The van der Waals surface area contributed by atoms with Gasteiger partial charge in [0.15, 0.2) is 12.0 Å². The molecule has 0 aromatic carbocycles. The number of rotatable bonds is 4. The number of H-pyrrole nitrogens is 1. The zero-order chi connectivity index (χ0) is 9.68. The number of aromatic nitrogens is 2. The van der Waals surface area contributed by atoms with E-state index in [9.17, 15) is 14.4 Å². The number of amides is 1. The lowest BCUT2D eigenvalue weighted by molar-refractivity contribution is -0.107. The minimum Gasteiger partial charge on any atom is -0.344 e. The fraction of sp³-hybridized carbons (Fsp3) is 0.143. The Morgan fingerprint density at radius 1 is 1.62 bits per heavy atom. The zero-order valence-electron chi connectivity index (χ0n) is 6.61. The molecular weight excluding hydrogens is 174 g/mol. The highest BCUT2D eigenvalue weighted by Gasteiger charge is 2.12. The lowest BCUT2D eigenvalue weighted by atomic mass is 10.3. The van der Waals surface area contributed by atoms with Crippen LogP contribution in [0, 0.1) is 0 Å². The first kappa shape index (κ1) is 9.11. The van der Waals surface area contributed by atoms with E-state index in [-0.39, 0.29) is 17.9 Å². The van der Waals surface area contributed by atoms with Crippen LogP contribution in [0.15, 0.2) is 6.33 Å². The maximum absolute atomic E-state index is 11.1. The van der Waals surface area contributed by atoms with Crippen LogP contribution in [0.25, 0.3) is 0 Å². The molecule has 6 heteroatoms. The molecule has 13 heavy (non-hydrogen) atoms. The number of aldehydes is 2. The highest BCUT2D eigenvalue weighted by Crippen LogP contribution is 1.98. The molecule has 0 aliphatic rings. The fourth-order valence-electron chi connectivity index (χ4n) is 0.793. The Bertz CT molecular complexity index is 331. The van der Waals surface area contributed by atoms with Crippen LogP contribution in [-0.2, 0) is 4.79 Å². The Labute approximate surface area is 73.4 Å². The van der Waals surface area contributed by atoms with Gasteiger partial charge >= 0.3 is 0 Å². The van der Waals surface area contributed by atoms with Gasteiger partial charge < -0.3 is 15.1 Å². The van der Waals surface area contributed by atoms with Crippen molar-refractivity contribution in [3.63, 3.8) is 0 Å². The highest BCUT2D eigenvalue weighted by atomic mass is 16.2. The summed E-state index contributed by atoms with van der Waals surface area (Å²) in [4.78, 5) is 37.5. The minimum atomic E-state index is -0.546. The molecule has 1 rings (SSSR count). The van der Waals surface area contributed by atoms with Crippen LogP contribution < -0.4 is 5.32 Å². The number of nitrogens with zero attached hydrogens (tertiary/aromatic N) is 1. The summed E-state index contributed by atoms with van der Waals surface area (Å²) in [5, 5.41) is 2.26. The largest absolute Gasteiger partial charge is 0.344 e. The van der Waals surface area contributed by atoms with E-state index < -0.39 is 5.91 Å². The van der Waals surface area contributed by atoms with Crippen molar-refractivity contribution in [1.29, 1.82) is 0 Å². The molecule has 0 unspecified atom stereocenters. The van der Waals surface area contributed by atoms with Gasteiger partial charge in [0.1, 0.15) is 12.0 Å². The third-order valence-corrected chi connectivity index (χ3v) is 1.35. The second-order valence-electron chi connectivity index (χ2n) is 2.16. The molecule has 6 nitrogen and oxygen atoms in total. The van der Waals surface area contributed by atoms with Gasteiger partial charge in [0.2, 0.25) is 0 Å². The lowest BCUT2D eigenvalue weighted by Crippen LogP contribution is -2.26. The Morgan fingerprint density at radius 2 is 2.38 bits per heavy atom. The predicted molar refractivity (Wildman–Crippen MR) is 42.4 cm³/mol. The van der Waals surface area contributed by atoms with Gasteiger partial charge in [0.05, 0.1) is 12.9 Å². The Kier molecular flexibility index (Phi) is 2.91. The van der Waals surface area contributed by atoms with Gasteiger partial charge in [-0.05, 0) is 0 Å². The van der Waals surface area contributed by atoms with Crippen molar-refractivity contribution < 1.29 is 14.4 Å². The van der Waals surface area contributed by atoms with Gasteiger partial charge in [-0.15, -0.1) is 0 Å². The normalized spacial score (nSPS) is 9.23. The second-order valence-corrected chi connectivity index (χ2v) is 2.16. The molecule has 0 aliphatic heterocycles. The van der Waals surface area contributed by atoms with Crippen molar-refractivity contribution in [2.24, 2.45) is 0 Å². The van der Waals surface area contributed by atoms with Crippen LogP contribution in [0.5, 0.6) is 0 Å². The SMILES string of the molecule is O=CCNC(=O)c1nc[nH]c1C=O. The number of carbonyl (C=O) groups excluding carboxylic acids is 3. The third kappa shape index (κ3) is 1.98. The van der Waals surface area contributed by atoms with Crippen LogP contribution in [0.1, 0.15) is 21.0 Å². The molecule has 0 saturated heterocycles. The van der Waals surface area contributed by atoms with Gasteiger partial charge in [0, 0.05) is 0 Å². The van der Waals surface area contributed by atoms with Gasteiger partial charge in [-0.2, -0.15) is 0 Å². The summed E-state index contributed by atoms with van der Waals surface area (Å²) in [6, 6.07) is 0. The molecule has 0 saturated carbocycles. The minimum absolute atomic E-state index is 0.00292. The topological polar surface area (TPSA) is 91.9 Å². The van der Waals surface area contributed by atoms with Gasteiger partial charge in [-0.1, -0.05) is 0 Å². The van der Waals surface area contributed by atoms with E-state index in [0.29, 0.717) is 12.6 Å². The van der Waals surface area contributed by atoms with Crippen LogP contribution in [0.2, 0.25) is 0 Å². The first-order valence-electron chi connectivity index (χ1n) is 3.50. The molecule has 1 heterocycles. The fourth-order valence-corrected chi connectivity index (χ4v) is 0.793. The van der Waals surface area contributed by atoms with Crippen LogP contribution in [-0.4, -0.2) is 35.0 Å². The maximum atomic E-state index is 11.1. The Balaban J connectivity index is 2.75. The number of carbonyl (C=O) groups is 3. The standard InChI is InChI=1S/C7H7N3O3/c11-2-1-8-7(13)6-5(3-12)9-4-10-6/h2-4H,1H2,(H,8,13)(H,9,10). The van der Waals surface area contributed by atoms with Crippen LogP contribution >= 0.6 is 0 Å². The Morgan fingerprint density at radius 3 is 3.00 bits per heavy atom. The van der Waals surface area contributed by atoms with Gasteiger partial charge in [0.25, 0.3) is 5.91 Å². The van der Waals surface area contributed by atoms with Crippen LogP contribution in [0.3, 0.4) is 0 Å². The number of hydrogen-bond donors (Lipinski definition) is 2. The number of imidazole rings is 1. The third-order valence-electron chi connectivity index (χ3n) is 1.35. The molecule has 68 valence electrons. The van der Waals surface area contributed by atoms with Crippen molar-refractivity contribution in [3.8, 4) is 0 Å². The van der Waals surface area contributed by atoms with E-state index in [1.54, 1.807) is 0 Å². The molecule has 0 bridgehead atoms. The summed E-state index contributed by atoms with van der Waals surface area (Å²) in [5.41, 5.74) is 0.0975. The smallest absolute Gasteiger partial charge is 0.272 e. The van der Waals surface area contributed by atoms with E-state index in [1.165, 1.54) is 6.33 Å². The number of aromatic amines is 1. The molecule has 0 aliphatic carbocycles. The molecule has 1 aromatic rings. The summed E-state index contributed by atoms with van der Waals surface area (Å²) in [5.74, 6) is -0.546. The average molecular weight is 181 g/mol. The van der Waals surface area contributed by atoms with Crippen molar-refractivity contribution in [2.45, 2.75) is 0 Å². The summed E-state index contributed by atoms with van der Waals surface area (Å²) in [6.45, 7) is -0.0933.